The van der Waals surface area contributed by atoms with Gasteiger partial charge in [-0.3, -0.25) is 0 Å². The largest absolute Gasteiger partial charge is 0.386 e. The molecular formula is C12H23NO2. The number of nitrogens with two attached hydrogens (primary N) is 1. The summed E-state index contributed by atoms with van der Waals surface area (Å²) in [4.78, 5) is 0. The van der Waals surface area contributed by atoms with Crippen molar-refractivity contribution in [3.8, 4) is 0 Å². The molecule has 0 aromatic heterocycles. The van der Waals surface area contributed by atoms with Gasteiger partial charge in [-0.1, -0.05) is 25.7 Å². The van der Waals surface area contributed by atoms with Crippen LogP contribution < -0.4 is 5.73 Å². The van der Waals surface area contributed by atoms with Gasteiger partial charge >= 0.3 is 0 Å². The molecule has 1 atom stereocenters. The lowest BCUT2D eigenvalue weighted by Gasteiger charge is -2.46. The molecule has 3 heteroatoms. The van der Waals surface area contributed by atoms with Crippen molar-refractivity contribution in [2.24, 2.45) is 5.73 Å². The molecule has 15 heavy (non-hydrogen) atoms. The zero-order valence-corrected chi connectivity index (χ0v) is 9.50. The van der Waals surface area contributed by atoms with Crippen molar-refractivity contribution in [1.29, 1.82) is 0 Å². The van der Waals surface area contributed by atoms with Gasteiger partial charge in [0.25, 0.3) is 0 Å². The van der Waals surface area contributed by atoms with Crippen LogP contribution in [0.15, 0.2) is 0 Å². The SMILES string of the molecule is NC1(C2(O)CCCOC2)CCCCCC1. The molecule has 0 amide bonds. The van der Waals surface area contributed by atoms with Crippen molar-refractivity contribution < 1.29 is 9.84 Å². The second kappa shape index (κ2) is 4.40. The summed E-state index contributed by atoms with van der Waals surface area (Å²) in [5.41, 5.74) is 5.27. The third-order valence-electron chi connectivity index (χ3n) is 4.14. The summed E-state index contributed by atoms with van der Waals surface area (Å²) in [6, 6.07) is 0. The highest BCUT2D eigenvalue weighted by Gasteiger charge is 2.48. The van der Waals surface area contributed by atoms with Gasteiger partial charge in [0.2, 0.25) is 0 Å². The molecule has 1 saturated carbocycles. The summed E-state index contributed by atoms with van der Waals surface area (Å²) < 4.78 is 5.41. The van der Waals surface area contributed by atoms with E-state index in [1.54, 1.807) is 0 Å². The highest BCUT2D eigenvalue weighted by Crippen LogP contribution is 2.38. The third kappa shape index (κ3) is 2.19. The van der Waals surface area contributed by atoms with Crippen LogP contribution in [0.4, 0.5) is 0 Å². The Balaban J connectivity index is 2.10. The van der Waals surface area contributed by atoms with Crippen LogP contribution in [-0.2, 0) is 4.74 Å². The van der Waals surface area contributed by atoms with E-state index in [4.69, 9.17) is 10.5 Å². The molecule has 0 radical (unpaired) electrons. The minimum absolute atomic E-state index is 0.399. The minimum atomic E-state index is -0.768. The van der Waals surface area contributed by atoms with E-state index >= 15 is 0 Å². The summed E-state index contributed by atoms with van der Waals surface area (Å²) in [6.07, 6.45) is 8.47. The van der Waals surface area contributed by atoms with Crippen LogP contribution in [0.5, 0.6) is 0 Å². The second-order valence-corrected chi connectivity index (χ2v) is 5.26. The molecule has 1 aliphatic heterocycles. The van der Waals surface area contributed by atoms with Crippen LogP contribution in [0, 0.1) is 0 Å². The highest BCUT2D eigenvalue weighted by atomic mass is 16.5. The Hall–Kier alpha value is -0.120. The van der Waals surface area contributed by atoms with E-state index in [9.17, 15) is 5.11 Å². The number of hydrogen-bond acceptors (Lipinski definition) is 3. The first-order valence-electron chi connectivity index (χ1n) is 6.25. The molecule has 0 spiro atoms. The van der Waals surface area contributed by atoms with E-state index in [-0.39, 0.29) is 0 Å². The average Bonchev–Trinajstić information content (AvgIpc) is 2.45. The quantitative estimate of drug-likeness (QED) is 0.650. The van der Waals surface area contributed by atoms with Crippen molar-refractivity contribution >= 4 is 0 Å². The van der Waals surface area contributed by atoms with E-state index in [2.05, 4.69) is 0 Å². The van der Waals surface area contributed by atoms with Crippen LogP contribution >= 0.6 is 0 Å². The maximum absolute atomic E-state index is 10.6. The van der Waals surface area contributed by atoms with E-state index < -0.39 is 11.1 Å². The van der Waals surface area contributed by atoms with Crippen LogP contribution in [0.3, 0.4) is 0 Å². The topological polar surface area (TPSA) is 55.5 Å². The smallest absolute Gasteiger partial charge is 0.106 e. The zero-order valence-electron chi connectivity index (χ0n) is 9.50. The van der Waals surface area contributed by atoms with Crippen molar-refractivity contribution in [2.75, 3.05) is 13.2 Å². The van der Waals surface area contributed by atoms with Gasteiger partial charge in [-0.25, -0.2) is 0 Å². The number of ether oxygens (including phenoxy) is 1. The minimum Gasteiger partial charge on any atom is -0.386 e. The lowest BCUT2D eigenvalue weighted by molar-refractivity contribution is -0.133. The predicted molar refractivity (Wildman–Crippen MR) is 59.6 cm³/mol. The Bertz CT molecular complexity index is 204. The Labute approximate surface area is 92.0 Å². The Kier molecular flexibility index (Phi) is 3.33. The molecule has 2 rings (SSSR count). The van der Waals surface area contributed by atoms with E-state index in [0.29, 0.717) is 6.61 Å². The van der Waals surface area contributed by atoms with Gasteiger partial charge in [-0.2, -0.15) is 0 Å². The molecule has 1 heterocycles. The Morgan fingerprint density at radius 3 is 2.13 bits per heavy atom. The highest BCUT2D eigenvalue weighted by molar-refractivity contribution is 5.05. The van der Waals surface area contributed by atoms with Crippen LogP contribution in [0.2, 0.25) is 0 Å². The van der Waals surface area contributed by atoms with Gasteiger partial charge in [0.1, 0.15) is 5.60 Å². The standard InChI is InChI=1S/C12H23NO2/c13-11(6-3-1-2-4-7-11)12(14)8-5-9-15-10-12/h14H,1-10,13H2. The first kappa shape index (κ1) is 11.4. The van der Waals surface area contributed by atoms with Crippen molar-refractivity contribution in [2.45, 2.75) is 62.5 Å². The zero-order chi connectivity index (χ0) is 10.8. The van der Waals surface area contributed by atoms with Crippen LogP contribution in [-0.4, -0.2) is 29.5 Å². The molecule has 2 aliphatic rings. The first-order valence-corrected chi connectivity index (χ1v) is 6.25. The molecule has 88 valence electrons. The molecule has 2 fully saturated rings. The molecule has 1 saturated heterocycles. The Morgan fingerprint density at radius 1 is 0.933 bits per heavy atom. The second-order valence-electron chi connectivity index (χ2n) is 5.26. The van der Waals surface area contributed by atoms with Crippen LogP contribution in [0.1, 0.15) is 51.4 Å². The number of aliphatic hydroxyl groups is 1. The first-order chi connectivity index (χ1) is 7.16. The van der Waals surface area contributed by atoms with Gasteiger partial charge in [0, 0.05) is 12.1 Å². The molecule has 1 aliphatic carbocycles. The van der Waals surface area contributed by atoms with Crippen molar-refractivity contribution in [1.82, 2.24) is 0 Å². The third-order valence-corrected chi connectivity index (χ3v) is 4.14. The number of hydrogen-bond donors (Lipinski definition) is 2. The molecule has 0 aromatic carbocycles. The molecule has 0 aromatic rings. The maximum atomic E-state index is 10.6. The average molecular weight is 213 g/mol. The van der Waals surface area contributed by atoms with Crippen molar-refractivity contribution in [3.63, 3.8) is 0 Å². The van der Waals surface area contributed by atoms with E-state index in [1.165, 1.54) is 12.8 Å². The molecule has 0 bridgehead atoms. The lowest BCUT2D eigenvalue weighted by Crippen LogP contribution is -2.63. The van der Waals surface area contributed by atoms with Gasteiger partial charge in [0.05, 0.1) is 6.61 Å². The van der Waals surface area contributed by atoms with E-state index in [0.717, 1.165) is 45.1 Å². The molecule has 3 N–H and O–H groups in total. The Morgan fingerprint density at radius 2 is 1.60 bits per heavy atom. The summed E-state index contributed by atoms with van der Waals surface area (Å²) >= 11 is 0. The fourth-order valence-corrected chi connectivity index (χ4v) is 3.00. The lowest BCUT2D eigenvalue weighted by atomic mass is 9.72. The molecule has 3 nitrogen and oxygen atoms in total. The number of rotatable bonds is 1. The monoisotopic (exact) mass is 213 g/mol. The van der Waals surface area contributed by atoms with Crippen LogP contribution in [0.25, 0.3) is 0 Å². The predicted octanol–water partition coefficient (Wildman–Crippen LogP) is 1.58. The summed E-state index contributed by atoms with van der Waals surface area (Å²) in [5, 5.41) is 10.6. The molecule has 1 unspecified atom stereocenters. The summed E-state index contributed by atoms with van der Waals surface area (Å²) in [6.45, 7) is 1.21. The van der Waals surface area contributed by atoms with Gasteiger partial charge in [-0.05, 0) is 25.7 Å². The summed E-state index contributed by atoms with van der Waals surface area (Å²) in [5.74, 6) is 0. The van der Waals surface area contributed by atoms with Gasteiger partial charge < -0.3 is 15.6 Å². The normalized spacial score (nSPS) is 37.2. The van der Waals surface area contributed by atoms with Gasteiger partial charge in [0.15, 0.2) is 0 Å². The van der Waals surface area contributed by atoms with Gasteiger partial charge in [-0.15, -0.1) is 0 Å². The summed E-state index contributed by atoms with van der Waals surface area (Å²) in [7, 11) is 0. The maximum Gasteiger partial charge on any atom is 0.106 e. The van der Waals surface area contributed by atoms with Crippen molar-refractivity contribution in [3.05, 3.63) is 0 Å². The fraction of sp³-hybridized carbons (Fsp3) is 1.00. The fourth-order valence-electron chi connectivity index (χ4n) is 3.00. The molecular weight excluding hydrogens is 190 g/mol. The van der Waals surface area contributed by atoms with E-state index in [1.807, 2.05) is 0 Å².